The van der Waals surface area contributed by atoms with E-state index in [-0.39, 0.29) is 12.5 Å². The van der Waals surface area contributed by atoms with Gasteiger partial charge >= 0.3 is 0 Å². The summed E-state index contributed by atoms with van der Waals surface area (Å²) in [4.78, 5) is 17.6. The number of aryl methyl sites for hydroxylation is 1. The van der Waals surface area contributed by atoms with Crippen LogP contribution in [0.25, 0.3) is 0 Å². The van der Waals surface area contributed by atoms with Crippen LogP contribution >= 0.6 is 0 Å². The van der Waals surface area contributed by atoms with Crippen LogP contribution in [0.5, 0.6) is 0 Å². The van der Waals surface area contributed by atoms with Gasteiger partial charge < -0.3 is 14.7 Å². The lowest BCUT2D eigenvalue weighted by molar-refractivity contribution is 0.0618. The minimum absolute atomic E-state index is 0.00111. The smallest absolute Gasteiger partial charge is 0.254 e. The number of nitrogens with zero attached hydrogens (tertiary/aromatic N) is 2. The Balaban J connectivity index is 2.49. The predicted molar refractivity (Wildman–Crippen MR) is 63.8 cm³/mol. The maximum atomic E-state index is 12.0. The van der Waals surface area contributed by atoms with E-state index in [1.807, 2.05) is 6.92 Å². The van der Waals surface area contributed by atoms with Crippen LogP contribution in [0.15, 0.2) is 18.5 Å². The zero-order chi connectivity index (χ0) is 12.7. The Labute approximate surface area is 101 Å². The van der Waals surface area contributed by atoms with E-state index in [4.69, 9.17) is 9.84 Å². The molecule has 0 bridgehead atoms. The fraction of sp³-hybridized carbons (Fsp3) is 0.500. The van der Waals surface area contributed by atoms with Gasteiger partial charge in [0.25, 0.3) is 5.91 Å². The number of carbonyl (C=O) groups excluding carboxylic acids is 1. The molecule has 0 unspecified atom stereocenters. The Kier molecular flexibility index (Phi) is 5.59. The first-order valence-corrected chi connectivity index (χ1v) is 5.51. The number of hydrogen-bond acceptors (Lipinski definition) is 4. The molecular formula is C12H18N2O3. The van der Waals surface area contributed by atoms with Crippen LogP contribution in [0, 0.1) is 6.92 Å². The number of hydrogen-bond donors (Lipinski definition) is 1. The first-order valence-electron chi connectivity index (χ1n) is 5.51. The van der Waals surface area contributed by atoms with Crippen LogP contribution in [0.4, 0.5) is 0 Å². The van der Waals surface area contributed by atoms with Gasteiger partial charge in [0.15, 0.2) is 0 Å². The first kappa shape index (κ1) is 13.6. The van der Waals surface area contributed by atoms with Gasteiger partial charge in [-0.05, 0) is 18.6 Å². The van der Waals surface area contributed by atoms with Crippen molar-refractivity contribution in [2.24, 2.45) is 0 Å². The van der Waals surface area contributed by atoms with Crippen molar-refractivity contribution in [2.75, 3.05) is 33.4 Å². The number of rotatable bonds is 6. The van der Waals surface area contributed by atoms with E-state index in [2.05, 4.69) is 4.98 Å². The number of pyridine rings is 1. The third kappa shape index (κ3) is 4.13. The maximum absolute atomic E-state index is 12.0. The second-order valence-corrected chi connectivity index (χ2v) is 3.75. The predicted octanol–water partition coefficient (Wildman–Crippen LogP) is 0.471. The molecule has 0 aliphatic heterocycles. The topological polar surface area (TPSA) is 62.7 Å². The van der Waals surface area contributed by atoms with Gasteiger partial charge in [0, 0.05) is 31.5 Å². The van der Waals surface area contributed by atoms with Gasteiger partial charge in [-0.1, -0.05) is 0 Å². The minimum atomic E-state index is -0.0440. The molecule has 0 aliphatic rings. The Morgan fingerprint density at radius 1 is 1.53 bits per heavy atom. The van der Waals surface area contributed by atoms with E-state index in [1.54, 1.807) is 30.4 Å². The molecule has 17 heavy (non-hydrogen) atoms. The van der Waals surface area contributed by atoms with E-state index in [0.717, 1.165) is 5.56 Å². The molecule has 1 amide bonds. The SMILES string of the molecule is Cc1cnccc1C(=O)N(C)CCOCCO. The summed E-state index contributed by atoms with van der Waals surface area (Å²) in [6, 6.07) is 1.71. The van der Waals surface area contributed by atoms with Crippen LogP contribution < -0.4 is 0 Å². The van der Waals surface area contributed by atoms with Crippen molar-refractivity contribution in [2.45, 2.75) is 6.92 Å². The molecule has 94 valence electrons. The van der Waals surface area contributed by atoms with Gasteiger partial charge in [-0.25, -0.2) is 0 Å². The lowest BCUT2D eigenvalue weighted by Crippen LogP contribution is -2.30. The molecule has 0 atom stereocenters. The summed E-state index contributed by atoms with van der Waals surface area (Å²) in [6.45, 7) is 3.08. The van der Waals surface area contributed by atoms with Crippen molar-refractivity contribution < 1.29 is 14.6 Å². The molecule has 1 aromatic heterocycles. The number of likely N-dealkylation sites (N-methyl/N-ethyl adjacent to an activating group) is 1. The van der Waals surface area contributed by atoms with Gasteiger partial charge in [0.1, 0.15) is 0 Å². The van der Waals surface area contributed by atoms with Gasteiger partial charge in [-0.2, -0.15) is 0 Å². The molecule has 1 aromatic rings. The van der Waals surface area contributed by atoms with Crippen LogP contribution in [0.3, 0.4) is 0 Å². The van der Waals surface area contributed by atoms with Crippen LogP contribution in [0.2, 0.25) is 0 Å². The molecule has 0 aliphatic carbocycles. The van der Waals surface area contributed by atoms with Crippen molar-refractivity contribution >= 4 is 5.91 Å². The van der Waals surface area contributed by atoms with E-state index < -0.39 is 0 Å². The highest BCUT2D eigenvalue weighted by atomic mass is 16.5. The average Bonchev–Trinajstić information content (AvgIpc) is 2.34. The van der Waals surface area contributed by atoms with E-state index in [9.17, 15) is 4.79 Å². The molecule has 5 nitrogen and oxygen atoms in total. The monoisotopic (exact) mass is 238 g/mol. The molecule has 0 fully saturated rings. The summed E-state index contributed by atoms with van der Waals surface area (Å²) in [6.07, 6.45) is 3.28. The molecule has 1 heterocycles. The zero-order valence-electron chi connectivity index (χ0n) is 10.2. The third-order valence-corrected chi connectivity index (χ3v) is 2.40. The number of carbonyl (C=O) groups is 1. The van der Waals surface area contributed by atoms with Gasteiger partial charge in [0.2, 0.25) is 0 Å². The summed E-state index contributed by atoms with van der Waals surface area (Å²) in [5.74, 6) is -0.0440. The highest BCUT2D eigenvalue weighted by Crippen LogP contribution is 2.07. The molecule has 5 heteroatoms. The molecule has 0 saturated heterocycles. The molecule has 1 rings (SSSR count). The number of amides is 1. The quantitative estimate of drug-likeness (QED) is 0.732. The fourth-order valence-corrected chi connectivity index (χ4v) is 1.39. The van der Waals surface area contributed by atoms with E-state index in [1.165, 1.54) is 0 Å². The van der Waals surface area contributed by atoms with Crippen LogP contribution in [-0.4, -0.2) is 54.3 Å². The lowest BCUT2D eigenvalue weighted by Gasteiger charge is -2.18. The highest BCUT2D eigenvalue weighted by Gasteiger charge is 2.13. The largest absolute Gasteiger partial charge is 0.394 e. The van der Waals surface area contributed by atoms with Gasteiger partial charge in [-0.15, -0.1) is 0 Å². The number of aromatic nitrogens is 1. The first-order chi connectivity index (χ1) is 8.16. The number of aliphatic hydroxyl groups is 1. The lowest BCUT2D eigenvalue weighted by atomic mass is 10.1. The highest BCUT2D eigenvalue weighted by molar-refractivity contribution is 5.95. The van der Waals surface area contributed by atoms with Gasteiger partial charge in [-0.3, -0.25) is 9.78 Å². The summed E-state index contributed by atoms with van der Waals surface area (Å²) in [7, 11) is 1.73. The zero-order valence-corrected chi connectivity index (χ0v) is 10.2. The number of ether oxygens (including phenoxy) is 1. The molecular weight excluding hydrogens is 220 g/mol. The molecule has 0 aromatic carbocycles. The average molecular weight is 238 g/mol. The van der Waals surface area contributed by atoms with E-state index in [0.29, 0.717) is 25.3 Å². The normalized spacial score (nSPS) is 10.3. The van der Waals surface area contributed by atoms with Crippen molar-refractivity contribution in [1.82, 2.24) is 9.88 Å². The second kappa shape index (κ2) is 6.98. The second-order valence-electron chi connectivity index (χ2n) is 3.75. The Morgan fingerprint density at radius 2 is 2.29 bits per heavy atom. The van der Waals surface area contributed by atoms with Crippen molar-refractivity contribution in [3.63, 3.8) is 0 Å². The standard InChI is InChI=1S/C12H18N2O3/c1-10-9-13-4-3-11(10)12(16)14(2)5-7-17-8-6-15/h3-4,9,15H,5-8H2,1-2H3. The van der Waals surface area contributed by atoms with Crippen LogP contribution in [-0.2, 0) is 4.74 Å². The third-order valence-electron chi connectivity index (χ3n) is 2.40. The fourth-order valence-electron chi connectivity index (χ4n) is 1.39. The minimum Gasteiger partial charge on any atom is -0.394 e. The Bertz CT molecular complexity index is 369. The van der Waals surface area contributed by atoms with E-state index >= 15 is 0 Å². The molecule has 0 radical (unpaired) electrons. The molecule has 0 spiro atoms. The van der Waals surface area contributed by atoms with Gasteiger partial charge in [0.05, 0.1) is 19.8 Å². The summed E-state index contributed by atoms with van der Waals surface area (Å²) in [5.41, 5.74) is 1.52. The summed E-state index contributed by atoms with van der Waals surface area (Å²) in [5, 5.41) is 8.54. The van der Waals surface area contributed by atoms with Crippen molar-refractivity contribution in [3.05, 3.63) is 29.6 Å². The van der Waals surface area contributed by atoms with Crippen molar-refractivity contribution in [1.29, 1.82) is 0 Å². The maximum Gasteiger partial charge on any atom is 0.254 e. The summed E-state index contributed by atoms with van der Waals surface area (Å²) >= 11 is 0. The Morgan fingerprint density at radius 3 is 2.94 bits per heavy atom. The van der Waals surface area contributed by atoms with Crippen molar-refractivity contribution in [3.8, 4) is 0 Å². The Hall–Kier alpha value is -1.46. The molecule has 0 saturated carbocycles. The molecule has 1 N–H and O–H groups in total. The summed E-state index contributed by atoms with van der Waals surface area (Å²) < 4.78 is 5.11. The van der Waals surface area contributed by atoms with Crippen LogP contribution in [0.1, 0.15) is 15.9 Å². The number of aliphatic hydroxyl groups excluding tert-OH is 1.